The van der Waals surface area contributed by atoms with E-state index in [2.05, 4.69) is 0 Å². The topological polar surface area (TPSA) is 144 Å². The fourth-order valence-electron chi connectivity index (χ4n) is 3.45. The van der Waals surface area contributed by atoms with Gasteiger partial charge in [0.05, 0.1) is 47.9 Å². The minimum Gasteiger partial charge on any atom is -0.493 e. The van der Waals surface area contributed by atoms with Crippen molar-refractivity contribution in [3.8, 4) is 23.6 Å². The summed E-state index contributed by atoms with van der Waals surface area (Å²) in [4.78, 5) is -0.681. The number of aliphatic hydroxyl groups is 2. The van der Waals surface area contributed by atoms with Gasteiger partial charge in [-0.1, -0.05) is 0 Å². The molecular formula is C21H18F3N3O6S. The lowest BCUT2D eigenvalue weighted by molar-refractivity contribution is -0.137. The average molecular weight is 497 g/mol. The number of benzene rings is 2. The molecule has 2 aromatic carbocycles. The second-order valence-electron chi connectivity index (χ2n) is 7.46. The number of hydrogen-bond donors (Lipinski definition) is 2. The summed E-state index contributed by atoms with van der Waals surface area (Å²) < 4.78 is 76.8. The van der Waals surface area contributed by atoms with Crippen LogP contribution >= 0.6 is 0 Å². The van der Waals surface area contributed by atoms with Crippen molar-refractivity contribution in [1.29, 1.82) is 10.5 Å². The molecule has 1 heterocycles. The van der Waals surface area contributed by atoms with Crippen molar-refractivity contribution in [2.75, 3.05) is 26.8 Å². The Hall–Kier alpha value is -3.36. The first-order valence-corrected chi connectivity index (χ1v) is 11.0. The van der Waals surface area contributed by atoms with Gasteiger partial charge in [0, 0.05) is 12.6 Å². The molecule has 0 unspecified atom stereocenters. The van der Waals surface area contributed by atoms with Gasteiger partial charge in [0.1, 0.15) is 17.8 Å². The van der Waals surface area contributed by atoms with E-state index in [-0.39, 0.29) is 17.1 Å². The number of β-amino-alcohol motifs (C(OH)–C–C–N with tert-alkyl or cyclic N) is 1. The highest BCUT2D eigenvalue weighted by Crippen LogP contribution is 2.36. The lowest BCUT2D eigenvalue weighted by atomic mass is 10.0. The number of nitrogens with zero attached hydrogens (tertiary/aromatic N) is 3. The molecule has 2 N–H and O–H groups in total. The van der Waals surface area contributed by atoms with Gasteiger partial charge in [-0.3, -0.25) is 0 Å². The van der Waals surface area contributed by atoms with E-state index in [4.69, 9.17) is 14.7 Å². The normalized spacial score (nSPS) is 21.0. The summed E-state index contributed by atoms with van der Waals surface area (Å²) in [7, 11) is -3.25. The Morgan fingerprint density at radius 1 is 1.18 bits per heavy atom. The van der Waals surface area contributed by atoms with E-state index in [0.717, 1.165) is 0 Å². The molecule has 0 spiro atoms. The summed E-state index contributed by atoms with van der Waals surface area (Å²) >= 11 is 0. The molecule has 0 radical (unpaired) electrons. The first kappa shape index (κ1) is 25.3. The number of hydrogen-bond acceptors (Lipinski definition) is 8. The minimum atomic E-state index is -4.78. The smallest absolute Gasteiger partial charge is 0.416 e. The Morgan fingerprint density at radius 2 is 1.88 bits per heavy atom. The molecule has 1 aliphatic heterocycles. The van der Waals surface area contributed by atoms with Gasteiger partial charge in [0.25, 0.3) is 0 Å². The van der Waals surface area contributed by atoms with E-state index >= 15 is 0 Å². The summed E-state index contributed by atoms with van der Waals surface area (Å²) in [6.07, 6.45) is -6.09. The van der Waals surface area contributed by atoms with E-state index < -0.39 is 63.6 Å². The van der Waals surface area contributed by atoms with Crippen LogP contribution in [0.1, 0.15) is 16.7 Å². The predicted octanol–water partition coefficient (Wildman–Crippen LogP) is 1.63. The molecule has 180 valence electrons. The Kier molecular flexibility index (Phi) is 6.78. The number of aliphatic hydroxyl groups excluding tert-OH is 1. The third kappa shape index (κ3) is 4.64. The number of nitriles is 2. The van der Waals surface area contributed by atoms with Crippen LogP contribution in [0.4, 0.5) is 13.2 Å². The van der Waals surface area contributed by atoms with E-state index in [1.807, 2.05) is 6.07 Å². The molecular weight excluding hydrogens is 479 g/mol. The maximum atomic E-state index is 13.2. The zero-order chi connectivity index (χ0) is 25.3. The number of alkyl halides is 3. The highest BCUT2D eigenvalue weighted by Gasteiger charge is 2.51. The van der Waals surface area contributed by atoms with Gasteiger partial charge in [-0.25, -0.2) is 8.42 Å². The maximum absolute atomic E-state index is 13.2. The van der Waals surface area contributed by atoms with Crippen LogP contribution in [0.25, 0.3) is 0 Å². The third-order valence-electron chi connectivity index (χ3n) is 5.30. The number of methoxy groups -OCH3 is 1. The van der Waals surface area contributed by atoms with Crippen LogP contribution in [-0.2, 0) is 16.2 Å². The lowest BCUT2D eigenvalue weighted by Crippen LogP contribution is -2.48. The molecule has 0 amide bonds. The molecule has 1 saturated heterocycles. The summed E-state index contributed by atoms with van der Waals surface area (Å²) in [6, 6.07) is 9.14. The fraction of sp³-hybridized carbons (Fsp3) is 0.333. The number of sulfonamides is 1. The summed E-state index contributed by atoms with van der Waals surface area (Å²) in [5, 5.41) is 38.9. The van der Waals surface area contributed by atoms with Crippen molar-refractivity contribution < 1.29 is 41.3 Å². The predicted molar refractivity (Wildman–Crippen MR) is 109 cm³/mol. The van der Waals surface area contributed by atoms with Crippen molar-refractivity contribution in [3.63, 3.8) is 0 Å². The zero-order valence-corrected chi connectivity index (χ0v) is 18.4. The molecule has 9 nitrogen and oxygen atoms in total. The molecule has 1 aliphatic rings. The van der Waals surface area contributed by atoms with Gasteiger partial charge in [-0.2, -0.15) is 28.0 Å². The van der Waals surface area contributed by atoms with Crippen LogP contribution in [0.2, 0.25) is 0 Å². The first-order valence-electron chi connectivity index (χ1n) is 9.59. The second-order valence-corrected chi connectivity index (χ2v) is 9.37. The largest absolute Gasteiger partial charge is 0.493 e. The van der Waals surface area contributed by atoms with Gasteiger partial charge < -0.3 is 19.7 Å². The lowest BCUT2D eigenvalue weighted by Gasteiger charge is -2.27. The molecule has 1 fully saturated rings. The quantitative estimate of drug-likeness (QED) is 0.613. The molecule has 3 rings (SSSR count). The zero-order valence-electron chi connectivity index (χ0n) is 17.6. The van der Waals surface area contributed by atoms with Crippen LogP contribution < -0.4 is 9.47 Å². The molecule has 34 heavy (non-hydrogen) atoms. The highest BCUT2D eigenvalue weighted by atomic mass is 32.2. The summed E-state index contributed by atoms with van der Waals surface area (Å²) in [6.45, 7) is -2.05. The Labute approximate surface area is 192 Å². The van der Waals surface area contributed by atoms with Crippen molar-refractivity contribution in [2.45, 2.75) is 22.8 Å². The Bertz CT molecular complexity index is 1290. The highest BCUT2D eigenvalue weighted by molar-refractivity contribution is 7.89. The van der Waals surface area contributed by atoms with E-state index in [1.165, 1.54) is 31.4 Å². The molecule has 13 heteroatoms. The molecule has 0 saturated carbocycles. The molecule has 0 aromatic heterocycles. The third-order valence-corrected chi connectivity index (χ3v) is 7.17. The standard InChI is InChI=1S/C21H18F3N3O6S/c1-32-17-6-13(8-25)2-4-16(17)33-19-10-27(11-20(19,29)12-28)34(30,31)18-5-3-15(21(22,23)24)7-14(18)9-26/h2-7,19,28-29H,10-12H2,1H3/t19-,20+/m0/s1. The number of rotatable bonds is 6. The van der Waals surface area contributed by atoms with Crippen LogP contribution in [0.3, 0.4) is 0 Å². The van der Waals surface area contributed by atoms with Crippen molar-refractivity contribution >= 4 is 10.0 Å². The van der Waals surface area contributed by atoms with Crippen molar-refractivity contribution in [2.24, 2.45) is 0 Å². The summed E-state index contributed by atoms with van der Waals surface area (Å²) in [5.74, 6) is 0.181. The van der Waals surface area contributed by atoms with E-state index in [1.54, 1.807) is 0 Å². The van der Waals surface area contributed by atoms with Crippen LogP contribution in [0.15, 0.2) is 41.3 Å². The first-order chi connectivity index (χ1) is 15.9. The van der Waals surface area contributed by atoms with Crippen molar-refractivity contribution in [3.05, 3.63) is 53.1 Å². The van der Waals surface area contributed by atoms with Gasteiger partial charge in [-0.15, -0.1) is 0 Å². The average Bonchev–Trinajstić information content (AvgIpc) is 3.15. The van der Waals surface area contributed by atoms with Crippen molar-refractivity contribution in [1.82, 2.24) is 4.31 Å². The maximum Gasteiger partial charge on any atom is 0.416 e. The summed E-state index contributed by atoms with van der Waals surface area (Å²) in [5.41, 5.74) is -3.74. The van der Waals surface area contributed by atoms with Gasteiger partial charge in [-0.05, 0) is 30.3 Å². The van der Waals surface area contributed by atoms with E-state index in [0.29, 0.717) is 22.5 Å². The van der Waals surface area contributed by atoms with Gasteiger partial charge >= 0.3 is 6.18 Å². The molecule has 0 aliphatic carbocycles. The van der Waals surface area contributed by atoms with Gasteiger partial charge in [0.2, 0.25) is 10.0 Å². The fourth-order valence-corrected chi connectivity index (χ4v) is 5.08. The monoisotopic (exact) mass is 497 g/mol. The minimum absolute atomic E-state index is 0.0601. The van der Waals surface area contributed by atoms with Crippen LogP contribution in [-0.4, -0.2) is 61.4 Å². The van der Waals surface area contributed by atoms with Gasteiger partial charge in [0.15, 0.2) is 11.5 Å². The number of halogens is 3. The van der Waals surface area contributed by atoms with Crippen LogP contribution in [0, 0.1) is 22.7 Å². The van der Waals surface area contributed by atoms with E-state index in [9.17, 15) is 37.1 Å². The van der Waals surface area contributed by atoms with Crippen LogP contribution in [0.5, 0.6) is 11.5 Å². The molecule has 2 aromatic rings. The SMILES string of the molecule is COc1cc(C#N)ccc1O[C@H]1CN(S(=O)(=O)c2ccc(C(F)(F)F)cc2C#N)C[C@@]1(O)CO. The molecule has 2 atom stereocenters. The Morgan fingerprint density at radius 3 is 2.44 bits per heavy atom. The Balaban J connectivity index is 1.96. The second kappa shape index (κ2) is 9.12. The number of ether oxygens (including phenoxy) is 2. The molecule has 0 bridgehead atoms.